The minimum Gasteiger partial charge on any atom is -0.369 e. The Morgan fingerprint density at radius 1 is 1.33 bits per heavy atom. The fourth-order valence-corrected chi connectivity index (χ4v) is 2.98. The van der Waals surface area contributed by atoms with E-state index in [4.69, 9.17) is 5.73 Å². The topological polar surface area (TPSA) is 41.6 Å². The van der Waals surface area contributed by atoms with Crippen LogP contribution >= 0.6 is 15.9 Å². The van der Waals surface area contributed by atoms with Crippen LogP contribution < -0.4 is 10.6 Å². The number of hydrogen-bond donors (Lipinski definition) is 1. The van der Waals surface area contributed by atoms with Crippen molar-refractivity contribution in [1.82, 2.24) is 0 Å². The Hall–Kier alpha value is -1.03. The van der Waals surface area contributed by atoms with E-state index in [2.05, 4.69) is 51.8 Å². The zero-order valence-corrected chi connectivity index (χ0v) is 12.6. The summed E-state index contributed by atoms with van der Waals surface area (Å²) in [5.41, 5.74) is 7.29. The maximum atomic E-state index is 6.09. The van der Waals surface area contributed by atoms with Gasteiger partial charge in [0.2, 0.25) is 0 Å². The summed E-state index contributed by atoms with van der Waals surface area (Å²) in [6, 6.07) is 8.29. The third kappa shape index (κ3) is 2.26. The molecule has 1 aromatic rings. The number of halogens is 1. The van der Waals surface area contributed by atoms with E-state index in [0.717, 1.165) is 36.0 Å². The number of benzene rings is 1. The molecule has 2 N–H and O–H groups in total. The smallest absolute Gasteiger partial charge is 0.196 e. The Balaban J connectivity index is 2.37. The molecule has 1 heterocycles. The van der Waals surface area contributed by atoms with Gasteiger partial charge in [-0.05, 0) is 37.1 Å². The molecule has 0 fully saturated rings. The molecule has 1 aromatic carbocycles. The summed E-state index contributed by atoms with van der Waals surface area (Å²) in [7, 11) is 0. The molecule has 0 radical (unpaired) electrons. The summed E-state index contributed by atoms with van der Waals surface area (Å²) in [5, 5.41) is 0. The van der Waals surface area contributed by atoms with E-state index < -0.39 is 0 Å². The van der Waals surface area contributed by atoms with Gasteiger partial charge in [0.05, 0.1) is 12.1 Å². The van der Waals surface area contributed by atoms with Gasteiger partial charge < -0.3 is 10.6 Å². The Kier molecular flexibility index (Phi) is 3.95. The molecule has 0 saturated carbocycles. The number of nitrogens with two attached hydrogens (primary N) is 1. The lowest BCUT2D eigenvalue weighted by Gasteiger charge is -2.38. The Morgan fingerprint density at radius 2 is 2.00 bits per heavy atom. The molecule has 1 aliphatic rings. The van der Waals surface area contributed by atoms with Gasteiger partial charge in [0.15, 0.2) is 5.96 Å². The Bertz CT molecular complexity index is 441. The first-order valence-corrected chi connectivity index (χ1v) is 7.28. The van der Waals surface area contributed by atoms with Crippen LogP contribution in [0.2, 0.25) is 0 Å². The van der Waals surface area contributed by atoms with Gasteiger partial charge >= 0.3 is 0 Å². The average Bonchev–Trinajstić information content (AvgIpc) is 2.69. The van der Waals surface area contributed by atoms with Gasteiger partial charge in [-0.3, -0.25) is 4.99 Å². The van der Waals surface area contributed by atoms with Crippen LogP contribution in [0.1, 0.15) is 33.1 Å². The molecule has 3 nitrogen and oxygen atoms in total. The van der Waals surface area contributed by atoms with Crippen LogP contribution in [0.4, 0.5) is 5.69 Å². The van der Waals surface area contributed by atoms with E-state index in [1.54, 1.807) is 0 Å². The molecule has 0 amide bonds. The van der Waals surface area contributed by atoms with Crippen molar-refractivity contribution in [3.63, 3.8) is 0 Å². The third-order valence-electron chi connectivity index (χ3n) is 3.70. The third-order valence-corrected chi connectivity index (χ3v) is 4.23. The largest absolute Gasteiger partial charge is 0.369 e. The number of nitrogens with zero attached hydrogens (tertiary/aromatic N) is 2. The molecule has 1 aliphatic heterocycles. The van der Waals surface area contributed by atoms with Crippen LogP contribution in [-0.2, 0) is 0 Å². The lowest BCUT2D eigenvalue weighted by Crippen LogP contribution is -2.51. The monoisotopic (exact) mass is 309 g/mol. The summed E-state index contributed by atoms with van der Waals surface area (Å²) in [6.45, 7) is 5.24. The molecule has 0 aromatic heterocycles. The van der Waals surface area contributed by atoms with Crippen molar-refractivity contribution in [2.24, 2.45) is 10.7 Å². The minimum atomic E-state index is 0.0622. The number of anilines is 1. The van der Waals surface area contributed by atoms with E-state index in [-0.39, 0.29) is 5.54 Å². The molecule has 0 saturated heterocycles. The highest BCUT2D eigenvalue weighted by molar-refractivity contribution is 9.10. The van der Waals surface area contributed by atoms with Gasteiger partial charge in [-0.1, -0.05) is 36.2 Å². The summed E-state index contributed by atoms with van der Waals surface area (Å²) < 4.78 is 1.08. The first-order chi connectivity index (χ1) is 8.63. The second-order valence-electron chi connectivity index (χ2n) is 4.81. The number of guanidine groups is 1. The summed E-state index contributed by atoms with van der Waals surface area (Å²) in [4.78, 5) is 6.68. The maximum absolute atomic E-state index is 6.09. The lowest BCUT2D eigenvalue weighted by atomic mass is 9.89. The Morgan fingerprint density at radius 3 is 2.56 bits per heavy atom. The van der Waals surface area contributed by atoms with E-state index in [0.29, 0.717) is 5.96 Å². The average molecular weight is 310 g/mol. The second-order valence-corrected chi connectivity index (χ2v) is 5.73. The summed E-state index contributed by atoms with van der Waals surface area (Å²) >= 11 is 3.47. The predicted octanol–water partition coefficient (Wildman–Crippen LogP) is 3.53. The van der Waals surface area contributed by atoms with Crippen LogP contribution in [0, 0.1) is 0 Å². The van der Waals surface area contributed by atoms with E-state index >= 15 is 0 Å². The Labute approximate surface area is 117 Å². The lowest BCUT2D eigenvalue weighted by molar-refractivity contribution is 0.404. The fraction of sp³-hybridized carbons (Fsp3) is 0.500. The zero-order chi connectivity index (χ0) is 13.2. The van der Waals surface area contributed by atoms with E-state index in [1.165, 1.54) is 0 Å². The highest BCUT2D eigenvalue weighted by Gasteiger charge is 2.40. The standard InChI is InChI=1S/C14H20BrN3/c1-3-9-14(4-2)10-17-13(16)18(14)12-7-5-11(15)6-8-12/h5-8H,3-4,9-10H2,1-2H3,(H2,16,17). The highest BCUT2D eigenvalue weighted by atomic mass is 79.9. The first kappa shape index (κ1) is 13.4. The van der Waals surface area contributed by atoms with Crippen molar-refractivity contribution in [3.8, 4) is 0 Å². The first-order valence-electron chi connectivity index (χ1n) is 6.48. The fourth-order valence-electron chi connectivity index (χ4n) is 2.71. The molecule has 1 atom stereocenters. The van der Waals surface area contributed by atoms with Crippen molar-refractivity contribution in [2.45, 2.75) is 38.6 Å². The molecule has 1 unspecified atom stereocenters. The highest BCUT2D eigenvalue weighted by Crippen LogP contribution is 2.35. The van der Waals surface area contributed by atoms with Crippen LogP contribution in [0.25, 0.3) is 0 Å². The number of rotatable bonds is 4. The second kappa shape index (κ2) is 5.31. The quantitative estimate of drug-likeness (QED) is 0.924. The summed E-state index contributed by atoms with van der Waals surface area (Å²) in [6.07, 6.45) is 3.31. The van der Waals surface area contributed by atoms with Crippen LogP contribution in [0.5, 0.6) is 0 Å². The van der Waals surface area contributed by atoms with Crippen LogP contribution in [0.3, 0.4) is 0 Å². The van der Waals surface area contributed by atoms with Gasteiger partial charge in [-0.25, -0.2) is 0 Å². The molecule has 2 rings (SSSR count). The van der Waals surface area contributed by atoms with Gasteiger partial charge in [0.1, 0.15) is 0 Å². The maximum Gasteiger partial charge on any atom is 0.196 e. The molecule has 4 heteroatoms. The van der Waals surface area contributed by atoms with Crippen LogP contribution in [-0.4, -0.2) is 18.0 Å². The SMILES string of the molecule is CCCC1(CC)CN=C(N)N1c1ccc(Br)cc1. The van der Waals surface area contributed by atoms with Crippen molar-refractivity contribution in [2.75, 3.05) is 11.4 Å². The van der Waals surface area contributed by atoms with Crippen molar-refractivity contribution >= 4 is 27.6 Å². The van der Waals surface area contributed by atoms with E-state index in [1.807, 2.05) is 12.1 Å². The van der Waals surface area contributed by atoms with Gasteiger partial charge in [-0.15, -0.1) is 0 Å². The molecular formula is C14H20BrN3. The van der Waals surface area contributed by atoms with Crippen molar-refractivity contribution in [1.29, 1.82) is 0 Å². The number of aliphatic imine (C=N–C) groups is 1. The molecule has 0 aliphatic carbocycles. The molecule has 0 bridgehead atoms. The van der Waals surface area contributed by atoms with Crippen LogP contribution in [0.15, 0.2) is 33.7 Å². The minimum absolute atomic E-state index is 0.0622. The molecule has 98 valence electrons. The predicted molar refractivity (Wildman–Crippen MR) is 81.0 cm³/mol. The van der Waals surface area contributed by atoms with Crippen molar-refractivity contribution < 1.29 is 0 Å². The van der Waals surface area contributed by atoms with Gasteiger partial charge in [-0.2, -0.15) is 0 Å². The zero-order valence-electron chi connectivity index (χ0n) is 11.0. The van der Waals surface area contributed by atoms with E-state index in [9.17, 15) is 0 Å². The molecular weight excluding hydrogens is 290 g/mol. The molecule has 0 spiro atoms. The van der Waals surface area contributed by atoms with Gasteiger partial charge in [0, 0.05) is 10.2 Å². The molecule has 18 heavy (non-hydrogen) atoms. The summed E-state index contributed by atoms with van der Waals surface area (Å²) in [5.74, 6) is 0.646. The normalized spacial score (nSPS) is 23.3. The number of hydrogen-bond acceptors (Lipinski definition) is 3. The van der Waals surface area contributed by atoms with Gasteiger partial charge in [0.25, 0.3) is 0 Å². The van der Waals surface area contributed by atoms with Crippen molar-refractivity contribution in [3.05, 3.63) is 28.7 Å².